The molecule has 182 valence electrons. The van der Waals surface area contributed by atoms with Gasteiger partial charge in [0.1, 0.15) is 12.4 Å². The van der Waals surface area contributed by atoms with Gasteiger partial charge in [-0.2, -0.15) is 0 Å². The predicted octanol–water partition coefficient (Wildman–Crippen LogP) is 4.91. The summed E-state index contributed by atoms with van der Waals surface area (Å²) in [7, 11) is 2.27. The normalized spacial score (nSPS) is 22.6. The number of nitrogens with zero attached hydrogens (tertiary/aromatic N) is 1. The van der Waals surface area contributed by atoms with Crippen molar-refractivity contribution in [1.29, 1.82) is 0 Å². The minimum atomic E-state index is -0.00562. The smallest absolute Gasteiger partial charge is 0.251 e. The molecule has 34 heavy (non-hydrogen) atoms. The third kappa shape index (κ3) is 5.81. The number of nitrogens with one attached hydrogen (secondary N) is 1. The topological polar surface area (TPSA) is 50.8 Å². The molecule has 2 fully saturated rings. The van der Waals surface area contributed by atoms with E-state index in [1.54, 1.807) is 0 Å². The van der Waals surface area contributed by atoms with Crippen molar-refractivity contribution in [1.82, 2.24) is 10.2 Å². The molecule has 0 radical (unpaired) electrons. The highest BCUT2D eigenvalue weighted by Crippen LogP contribution is 2.27. The van der Waals surface area contributed by atoms with E-state index in [-0.39, 0.29) is 18.1 Å². The van der Waals surface area contributed by atoms with E-state index in [1.165, 1.54) is 42.4 Å². The summed E-state index contributed by atoms with van der Waals surface area (Å²) in [6.45, 7) is 2.44. The zero-order valence-electron chi connectivity index (χ0n) is 20.4. The molecule has 1 saturated carbocycles. The van der Waals surface area contributed by atoms with Crippen molar-refractivity contribution >= 4 is 5.91 Å². The summed E-state index contributed by atoms with van der Waals surface area (Å²) in [5.74, 6) is 0.780. The van der Waals surface area contributed by atoms with Gasteiger partial charge in [-0.1, -0.05) is 31.0 Å². The van der Waals surface area contributed by atoms with Gasteiger partial charge < -0.3 is 14.8 Å². The first-order valence-electron chi connectivity index (χ1n) is 13.1. The van der Waals surface area contributed by atoms with Crippen LogP contribution in [-0.2, 0) is 24.1 Å². The van der Waals surface area contributed by atoms with Crippen LogP contribution in [0.25, 0.3) is 0 Å². The highest BCUT2D eigenvalue weighted by atomic mass is 16.5. The molecular formula is C29H38N2O3. The number of hydrogen-bond acceptors (Lipinski definition) is 4. The molecule has 1 saturated heterocycles. The number of amides is 1. The fraction of sp³-hybridized carbons (Fsp3) is 0.552. The maximum atomic E-state index is 12.8. The van der Waals surface area contributed by atoms with Crippen molar-refractivity contribution in [3.8, 4) is 5.75 Å². The second kappa shape index (κ2) is 10.9. The molecule has 2 atom stereocenters. The second-order valence-corrected chi connectivity index (χ2v) is 10.3. The quantitative estimate of drug-likeness (QED) is 0.606. The molecule has 5 rings (SSSR count). The van der Waals surface area contributed by atoms with Crippen molar-refractivity contribution in [2.45, 2.75) is 82.5 Å². The first-order valence-corrected chi connectivity index (χ1v) is 13.1. The van der Waals surface area contributed by atoms with E-state index in [0.717, 1.165) is 57.0 Å². The molecule has 0 unspecified atom stereocenters. The fourth-order valence-electron chi connectivity index (χ4n) is 5.73. The first-order chi connectivity index (χ1) is 16.6. The molecule has 5 nitrogen and oxygen atoms in total. The van der Waals surface area contributed by atoms with Crippen LogP contribution in [0, 0.1) is 0 Å². The fourth-order valence-corrected chi connectivity index (χ4v) is 5.73. The molecule has 1 heterocycles. The van der Waals surface area contributed by atoms with Crippen molar-refractivity contribution < 1.29 is 14.3 Å². The zero-order valence-corrected chi connectivity index (χ0v) is 20.4. The zero-order chi connectivity index (χ0) is 23.3. The first kappa shape index (κ1) is 23.4. The maximum absolute atomic E-state index is 12.8. The summed E-state index contributed by atoms with van der Waals surface area (Å²) in [6, 6.07) is 15.4. The Hall–Kier alpha value is -2.37. The number of ether oxygens (including phenoxy) is 2. The monoisotopic (exact) mass is 462 g/mol. The van der Waals surface area contributed by atoms with Gasteiger partial charge in [0, 0.05) is 30.8 Å². The van der Waals surface area contributed by atoms with Crippen LogP contribution in [0.2, 0.25) is 0 Å². The van der Waals surface area contributed by atoms with Gasteiger partial charge in [0.05, 0.1) is 6.10 Å². The lowest BCUT2D eigenvalue weighted by molar-refractivity contribution is 0.0679. The minimum Gasteiger partial charge on any atom is -0.491 e. The van der Waals surface area contributed by atoms with Gasteiger partial charge in [-0.05, 0) is 92.9 Å². The van der Waals surface area contributed by atoms with Crippen LogP contribution in [0.1, 0.15) is 72.0 Å². The molecule has 0 spiro atoms. The Morgan fingerprint density at radius 2 is 1.85 bits per heavy atom. The van der Waals surface area contributed by atoms with Crippen LogP contribution in [0.15, 0.2) is 42.5 Å². The Labute approximate surface area is 203 Å². The third-order valence-electron chi connectivity index (χ3n) is 7.79. The molecular weight excluding hydrogens is 424 g/mol. The van der Waals surface area contributed by atoms with Gasteiger partial charge in [-0.25, -0.2) is 0 Å². The SMILES string of the molecule is CN(Cc1ccc2c(c1)CC[C@H](NC(=O)c1ccc(OC[C@@H]3CCCO3)cc1)C2)C1CCCC1. The van der Waals surface area contributed by atoms with Crippen LogP contribution >= 0.6 is 0 Å². The molecule has 0 aromatic heterocycles. The molecule has 1 amide bonds. The number of fused-ring (bicyclic) bond motifs is 1. The molecule has 2 aliphatic carbocycles. The van der Waals surface area contributed by atoms with Gasteiger partial charge in [-0.3, -0.25) is 9.69 Å². The standard InChI is InChI=1S/C29H38N2O3/c1-31(26-5-2-3-6-26)19-21-8-9-24-18-25(13-10-23(24)17-21)30-29(32)22-11-14-27(15-12-22)34-20-28-7-4-16-33-28/h8-9,11-12,14-15,17,25-26,28H,2-7,10,13,16,18-20H2,1H3,(H,30,32)/t25-,28-/m0/s1. The van der Waals surface area contributed by atoms with E-state index in [4.69, 9.17) is 9.47 Å². The molecule has 0 bridgehead atoms. The van der Waals surface area contributed by atoms with Crippen LogP contribution in [0.3, 0.4) is 0 Å². The van der Waals surface area contributed by atoms with Crippen LogP contribution in [-0.4, -0.2) is 49.3 Å². The molecule has 1 N–H and O–H groups in total. The summed E-state index contributed by atoms with van der Waals surface area (Å²) in [4.78, 5) is 15.4. The lowest BCUT2D eigenvalue weighted by Gasteiger charge is -2.28. The van der Waals surface area contributed by atoms with Crippen LogP contribution in [0.5, 0.6) is 5.75 Å². The van der Waals surface area contributed by atoms with Crippen LogP contribution < -0.4 is 10.1 Å². The highest BCUT2D eigenvalue weighted by molar-refractivity contribution is 5.94. The van der Waals surface area contributed by atoms with Crippen molar-refractivity contribution in [3.63, 3.8) is 0 Å². The van der Waals surface area contributed by atoms with E-state index in [9.17, 15) is 4.79 Å². The van der Waals surface area contributed by atoms with Crippen molar-refractivity contribution in [2.75, 3.05) is 20.3 Å². The van der Waals surface area contributed by atoms with Gasteiger partial charge in [0.2, 0.25) is 0 Å². The second-order valence-electron chi connectivity index (χ2n) is 10.3. The van der Waals surface area contributed by atoms with E-state index < -0.39 is 0 Å². The van der Waals surface area contributed by atoms with Crippen LogP contribution in [0.4, 0.5) is 0 Å². The molecule has 5 heteroatoms. The summed E-state index contributed by atoms with van der Waals surface area (Å²) < 4.78 is 11.4. The Morgan fingerprint density at radius 3 is 2.62 bits per heavy atom. The molecule has 2 aromatic rings. The number of benzene rings is 2. The maximum Gasteiger partial charge on any atom is 0.251 e. The molecule has 3 aliphatic rings. The van der Waals surface area contributed by atoms with E-state index in [1.807, 2.05) is 24.3 Å². The Morgan fingerprint density at radius 1 is 1.03 bits per heavy atom. The summed E-state index contributed by atoms with van der Waals surface area (Å²) in [5.41, 5.74) is 4.93. The average molecular weight is 463 g/mol. The largest absolute Gasteiger partial charge is 0.491 e. The van der Waals surface area contributed by atoms with Crippen molar-refractivity contribution in [2.24, 2.45) is 0 Å². The highest BCUT2D eigenvalue weighted by Gasteiger charge is 2.23. The number of hydrogen-bond donors (Lipinski definition) is 1. The average Bonchev–Trinajstić information content (AvgIpc) is 3.58. The van der Waals surface area contributed by atoms with Gasteiger partial charge in [0.15, 0.2) is 0 Å². The molecule has 2 aromatic carbocycles. The number of carbonyl (C=O) groups excluding carboxylic acids is 1. The summed E-state index contributed by atoms with van der Waals surface area (Å²) >= 11 is 0. The van der Waals surface area contributed by atoms with Gasteiger partial charge >= 0.3 is 0 Å². The van der Waals surface area contributed by atoms with E-state index in [2.05, 4.69) is 35.5 Å². The Bertz CT molecular complexity index is 962. The Balaban J connectivity index is 1.12. The summed E-state index contributed by atoms with van der Waals surface area (Å²) in [5, 5.41) is 3.25. The van der Waals surface area contributed by atoms with E-state index >= 15 is 0 Å². The third-order valence-corrected chi connectivity index (χ3v) is 7.79. The van der Waals surface area contributed by atoms with E-state index in [0.29, 0.717) is 12.2 Å². The summed E-state index contributed by atoms with van der Waals surface area (Å²) in [6.07, 6.45) is 10.7. The number of aryl methyl sites for hydroxylation is 1. The lowest BCUT2D eigenvalue weighted by Crippen LogP contribution is -2.38. The number of rotatable bonds is 8. The van der Waals surface area contributed by atoms with Crippen molar-refractivity contribution in [3.05, 3.63) is 64.7 Å². The Kier molecular flexibility index (Phi) is 7.51. The van der Waals surface area contributed by atoms with Gasteiger partial charge in [-0.15, -0.1) is 0 Å². The lowest BCUT2D eigenvalue weighted by atomic mass is 9.87. The van der Waals surface area contributed by atoms with Gasteiger partial charge in [0.25, 0.3) is 5.91 Å². The molecule has 1 aliphatic heterocycles. The minimum absolute atomic E-state index is 0.00562. The predicted molar refractivity (Wildman–Crippen MR) is 134 cm³/mol. The number of carbonyl (C=O) groups is 1.